The Kier molecular flexibility index (Phi) is 2.44. The summed E-state index contributed by atoms with van der Waals surface area (Å²) in [4.78, 5) is 10.6. The molecule has 1 N–H and O–H groups in total. The number of alkyl halides is 1. The van der Waals surface area contributed by atoms with Crippen LogP contribution < -0.4 is 0 Å². The van der Waals surface area contributed by atoms with Crippen molar-refractivity contribution in [1.29, 1.82) is 0 Å². The van der Waals surface area contributed by atoms with Crippen molar-refractivity contribution < 1.29 is 9.90 Å². The first-order valence-corrected chi connectivity index (χ1v) is 5.42. The van der Waals surface area contributed by atoms with Crippen molar-refractivity contribution in [2.45, 2.75) is 5.88 Å². The first-order chi connectivity index (χ1) is 6.76. The third-order valence-electron chi connectivity index (χ3n) is 2.03. The molecule has 1 aromatic heterocycles. The smallest absolute Gasteiger partial charge is 0.150 e. The van der Waals surface area contributed by atoms with Gasteiger partial charge in [-0.25, -0.2) is 0 Å². The molecule has 72 valence electrons. The van der Waals surface area contributed by atoms with Gasteiger partial charge in [0.05, 0.1) is 0 Å². The van der Waals surface area contributed by atoms with Gasteiger partial charge in [0.2, 0.25) is 0 Å². The molecule has 0 saturated heterocycles. The zero-order valence-corrected chi connectivity index (χ0v) is 8.73. The minimum absolute atomic E-state index is 0.208. The standard InChI is InChI=1S/C10H7ClO2S/c11-3-7-1-6(4-12)2-8-9(13)5-14-10(7)8/h1-2,4-5,13H,3H2. The molecule has 0 aliphatic rings. The predicted molar refractivity (Wildman–Crippen MR) is 58.4 cm³/mol. The molecule has 0 radical (unpaired) electrons. The highest BCUT2D eigenvalue weighted by molar-refractivity contribution is 7.17. The molecule has 0 aliphatic carbocycles. The fourth-order valence-electron chi connectivity index (χ4n) is 1.39. The average Bonchev–Trinajstić information content (AvgIpc) is 2.59. The van der Waals surface area contributed by atoms with E-state index in [1.165, 1.54) is 11.3 Å². The van der Waals surface area contributed by atoms with E-state index in [1.54, 1.807) is 17.5 Å². The molecule has 2 aromatic rings. The maximum Gasteiger partial charge on any atom is 0.150 e. The summed E-state index contributed by atoms with van der Waals surface area (Å²) in [7, 11) is 0. The van der Waals surface area contributed by atoms with E-state index in [1.807, 2.05) is 0 Å². The van der Waals surface area contributed by atoms with Crippen molar-refractivity contribution in [3.8, 4) is 5.75 Å². The van der Waals surface area contributed by atoms with Crippen LogP contribution in [0, 0.1) is 0 Å². The second-order valence-corrected chi connectivity index (χ2v) is 4.08. The maximum atomic E-state index is 10.6. The number of benzene rings is 1. The highest BCUT2D eigenvalue weighted by atomic mass is 35.5. The quantitative estimate of drug-likeness (QED) is 0.631. The normalized spacial score (nSPS) is 10.6. The van der Waals surface area contributed by atoms with Crippen LogP contribution in [0.25, 0.3) is 10.1 Å². The first kappa shape index (κ1) is 9.49. The monoisotopic (exact) mass is 226 g/mol. The third kappa shape index (κ3) is 1.38. The summed E-state index contributed by atoms with van der Waals surface area (Å²) in [6.07, 6.45) is 0.757. The molecule has 4 heteroatoms. The minimum Gasteiger partial charge on any atom is -0.506 e. The molecule has 0 spiro atoms. The number of rotatable bonds is 2. The molecule has 0 aliphatic heterocycles. The summed E-state index contributed by atoms with van der Waals surface area (Å²) in [6, 6.07) is 3.42. The minimum atomic E-state index is 0.208. The Morgan fingerprint density at radius 1 is 1.50 bits per heavy atom. The summed E-state index contributed by atoms with van der Waals surface area (Å²) >= 11 is 7.19. The largest absolute Gasteiger partial charge is 0.506 e. The van der Waals surface area contributed by atoms with Crippen LogP contribution >= 0.6 is 22.9 Å². The summed E-state index contributed by atoms with van der Waals surface area (Å²) in [5, 5.41) is 11.9. The van der Waals surface area contributed by atoms with Crippen LogP contribution in [0.2, 0.25) is 0 Å². The molecular formula is C10H7ClO2S. The van der Waals surface area contributed by atoms with E-state index >= 15 is 0 Å². The van der Waals surface area contributed by atoms with E-state index < -0.39 is 0 Å². The number of hydrogen-bond donors (Lipinski definition) is 1. The number of halogens is 1. The van der Waals surface area contributed by atoms with Gasteiger partial charge in [0.25, 0.3) is 0 Å². The Balaban J connectivity index is 2.82. The Hall–Kier alpha value is -1.06. The van der Waals surface area contributed by atoms with Crippen LogP contribution in [0.4, 0.5) is 0 Å². The summed E-state index contributed by atoms with van der Waals surface area (Å²) in [6.45, 7) is 0. The average molecular weight is 227 g/mol. The van der Waals surface area contributed by atoms with E-state index in [0.717, 1.165) is 16.5 Å². The van der Waals surface area contributed by atoms with Crippen molar-refractivity contribution in [1.82, 2.24) is 0 Å². The van der Waals surface area contributed by atoms with Gasteiger partial charge in [-0.2, -0.15) is 0 Å². The molecule has 1 heterocycles. The Morgan fingerprint density at radius 3 is 2.93 bits per heavy atom. The SMILES string of the molecule is O=Cc1cc(CCl)c2scc(O)c2c1. The molecule has 14 heavy (non-hydrogen) atoms. The van der Waals surface area contributed by atoms with Crippen LogP contribution in [0.1, 0.15) is 15.9 Å². The van der Waals surface area contributed by atoms with Gasteiger partial charge in [0.1, 0.15) is 12.0 Å². The lowest BCUT2D eigenvalue weighted by molar-refractivity contribution is 0.112. The summed E-state index contributed by atoms with van der Waals surface area (Å²) in [5.41, 5.74) is 1.43. The van der Waals surface area contributed by atoms with Crippen molar-refractivity contribution in [2.24, 2.45) is 0 Å². The van der Waals surface area contributed by atoms with E-state index in [0.29, 0.717) is 16.8 Å². The van der Waals surface area contributed by atoms with Gasteiger partial charge in [-0.1, -0.05) is 0 Å². The number of thiophene rings is 1. The molecule has 0 saturated carbocycles. The molecule has 2 rings (SSSR count). The van der Waals surface area contributed by atoms with Crippen LogP contribution in [-0.4, -0.2) is 11.4 Å². The number of fused-ring (bicyclic) bond motifs is 1. The molecule has 1 aromatic carbocycles. The van der Waals surface area contributed by atoms with Gasteiger partial charge < -0.3 is 5.11 Å². The highest BCUT2D eigenvalue weighted by Crippen LogP contribution is 2.34. The molecule has 0 unspecified atom stereocenters. The zero-order valence-electron chi connectivity index (χ0n) is 7.16. The van der Waals surface area contributed by atoms with E-state index in [4.69, 9.17) is 11.6 Å². The predicted octanol–water partition coefficient (Wildman–Crippen LogP) is 3.16. The lowest BCUT2D eigenvalue weighted by Crippen LogP contribution is -1.84. The van der Waals surface area contributed by atoms with Crippen molar-refractivity contribution in [3.05, 3.63) is 28.6 Å². The number of carbonyl (C=O) groups excluding carboxylic acids is 1. The molecular weight excluding hydrogens is 220 g/mol. The van der Waals surface area contributed by atoms with Gasteiger partial charge in [-0.05, 0) is 17.7 Å². The van der Waals surface area contributed by atoms with Crippen LogP contribution in [0.3, 0.4) is 0 Å². The van der Waals surface area contributed by atoms with Gasteiger partial charge in [0.15, 0.2) is 0 Å². The molecule has 0 fully saturated rings. The number of carbonyl (C=O) groups is 1. The maximum absolute atomic E-state index is 10.6. The van der Waals surface area contributed by atoms with E-state index in [2.05, 4.69) is 0 Å². The topological polar surface area (TPSA) is 37.3 Å². The van der Waals surface area contributed by atoms with Crippen molar-refractivity contribution in [3.63, 3.8) is 0 Å². The Morgan fingerprint density at radius 2 is 2.29 bits per heavy atom. The lowest BCUT2D eigenvalue weighted by Gasteiger charge is -1.99. The van der Waals surface area contributed by atoms with Gasteiger partial charge in [-0.3, -0.25) is 4.79 Å². The Labute approximate surface area is 89.7 Å². The van der Waals surface area contributed by atoms with Crippen LogP contribution in [0.5, 0.6) is 5.75 Å². The van der Waals surface area contributed by atoms with Gasteiger partial charge in [-0.15, -0.1) is 22.9 Å². The first-order valence-electron chi connectivity index (χ1n) is 4.00. The lowest BCUT2D eigenvalue weighted by atomic mass is 10.1. The molecule has 2 nitrogen and oxygen atoms in total. The summed E-state index contributed by atoms with van der Waals surface area (Å²) < 4.78 is 0.947. The fourth-order valence-corrected chi connectivity index (χ4v) is 2.61. The number of hydrogen-bond acceptors (Lipinski definition) is 3. The van der Waals surface area contributed by atoms with Crippen molar-refractivity contribution >= 4 is 39.3 Å². The van der Waals surface area contributed by atoms with Crippen molar-refractivity contribution in [2.75, 3.05) is 0 Å². The van der Waals surface area contributed by atoms with Gasteiger partial charge in [0, 0.05) is 26.9 Å². The van der Waals surface area contributed by atoms with E-state index in [-0.39, 0.29) is 5.75 Å². The Bertz CT molecular complexity index is 490. The molecule has 0 atom stereocenters. The van der Waals surface area contributed by atoms with Crippen LogP contribution in [0.15, 0.2) is 17.5 Å². The zero-order chi connectivity index (χ0) is 10.1. The van der Waals surface area contributed by atoms with Crippen LogP contribution in [-0.2, 0) is 5.88 Å². The molecule has 0 bridgehead atoms. The number of aromatic hydroxyl groups is 1. The number of aldehydes is 1. The fraction of sp³-hybridized carbons (Fsp3) is 0.100. The van der Waals surface area contributed by atoms with E-state index in [9.17, 15) is 9.90 Å². The molecule has 0 amide bonds. The third-order valence-corrected chi connectivity index (χ3v) is 3.38. The second-order valence-electron chi connectivity index (χ2n) is 2.93. The highest BCUT2D eigenvalue weighted by Gasteiger charge is 2.08. The van der Waals surface area contributed by atoms with Gasteiger partial charge >= 0.3 is 0 Å². The second kappa shape index (κ2) is 3.59. The summed E-state index contributed by atoms with van der Waals surface area (Å²) in [5.74, 6) is 0.554.